The second-order valence-corrected chi connectivity index (χ2v) is 23.2. The zero-order chi connectivity index (χ0) is 48.2. The van der Waals surface area contributed by atoms with Gasteiger partial charge in [-0.25, -0.2) is 9.97 Å². The van der Waals surface area contributed by atoms with Crippen molar-refractivity contribution in [3.63, 3.8) is 0 Å². The summed E-state index contributed by atoms with van der Waals surface area (Å²) in [4.78, 5) is 95.3. The first-order chi connectivity index (χ1) is 32.1. The molecule has 5 heterocycles. The molecule has 10 N–H and O–H groups in total. The molecule has 7 aromatic rings. The van der Waals surface area contributed by atoms with E-state index in [1.165, 1.54) is 0 Å². The van der Waals surface area contributed by atoms with Crippen LogP contribution in [0.1, 0.15) is 45.0 Å². The fraction of sp³-hybridized carbons (Fsp3) is 0.0833. The van der Waals surface area contributed by atoms with Gasteiger partial charge in [-0.2, -0.15) is 0 Å². The minimum Gasteiger partial charge on any atom is -0.354 e. The summed E-state index contributed by atoms with van der Waals surface area (Å²) in [6, 6.07) is 34.8. The van der Waals surface area contributed by atoms with Crippen LogP contribution < -0.4 is 0 Å². The van der Waals surface area contributed by atoms with Gasteiger partial charge in [0.25, 0.3) is 0 Å². The van der Waals surface area contributed by atoms with E-state index >= 15 is 0 Å². The Hall–Kier alpha value is -5.92. The van der Waals surface area contributed by atoms with Crippen LogP contribution in [0.5, 0.6) is 0 Å². The highest BCUT2D eigenvalue weighted by Crippen LogP contribution is 2.44. The predicted octanol–water partition coefficient (Wildman–Crippen LogP) is 10.0. The smallest absolute Gasteiger partial charge is 0.329 e. The van der Waals surface area contributed by atoms with Gasteiger partial charge in [0.15, 0.2) is 0 Å². The van der Waals surface area contributed by atoms with E-state index in [4.69, 9.17) is 9.97 Å². The van der Waals surface area contributed by atoms with Gasteiger partial charge >= 0.3 is 30.4 Å². The molecule has 0 unspecified atom stereocenters. The number of rotatable bonds is 12. The van der Waals surface area contributed by atoms with Gasteiger partial charge in [0.2, 0.25) is 0 Å². The average molecular weight is 991 g/mol. The summed E-state index contributed by atoms with van der Waals surface area (Å²) in [5, 5.41) is 0. The van der Waals surface area contributed by atoms with E-state index in [1.807, 2.05) is 48.6 Å². The Bertz CT molecular complexity index is 3090. The van der Waals surface area contributed by atoms with Gasteiger partial charge in [0, 0.05) is 44.3 Å². The van der Waals surface area contributed by atoms with E-state index in [1.54, 1.807) is 97.1 Å². The number of nitrogens with zero attached hydrogens (tertiary/aromatic N) is 2. The minimum absolute atomic E-state index is 0.434. The third-order valence-corrected chi connectivity index (χ3v) is 14.4. The van der Waals surface area contributed by atoms with Gasteiger partial charge in [-0.15, -0.1) is 0 Å². The summed E-state index contributed by atoms with van der Waals surface area (Å²) in [5.74, 6) is 0. The fourth-order valence-electron chi connectivity index (χ4n) is 8.48. The molecule has 20 heteroatoms. The quantitative estimate of drug-likeness (QED) is 0.0510. The highest BCUT2D eigenvalue weighted by molar-refractivity contribution is 7.51. The van der Waals surface area contributed by atoms with E-state index in [0.717, 1.165) is 0 Å². The Kier molecular flexibility index (Phi) is 12.6. The van der Waals surface area contributed by atoms with Crippen molar-refractivity contribution >= 4 is 76.8 Å². The Balaban J connectivity index is 1.37. The number of benzene rings is 4. The Morgan fingerprint density at radius 3 is 0.676 bits per heavy atom. The van der Waals surface area contributed by atoms with Crippen LogP contribution in [0.15, 0.2) is 121 Å². The maximum absolute atomic E-state index is 11.9. The molecule has 68 heavy (non-hydrogen) atoms. The summed E-state index contributed by atoms with van der Waals surface area (Å²) in [7, 11) is -17.5. The Morgan fingerprint density at radius 1 is 0.309 bits per heavy atom. The third kappa shape index (κ3) is 11.0. The standard InChI is InChI=1S/C48H42N4O12P4/c53-65(54,55)25-29-1-9-33(10-2-29)45-37-17-19-39(49-37)46(34-11-3-30(4-12-34)26-66(56,57)58)41-21-23-43(51-41)48(36-15-7-32(8-16-36)28-68(62,63)64)44-24-22-42(52-44)47(40-20-18-38(45)50-40)35-13-5-31(6-14-35)27-67(59,60)61/h1-24,49,52H,25-28H2,(H2,53,54,55)(H2,56,57,58)(H2,59,60,61)(H2,62,63,64). The van der Waals surface area contributed by atoms with Gasteiger partial charge in [-0.3, -0.25) is 18.3 Å². The maximum atomic E-state index is 11.9. The van der Waals surface area contributed by atoms with E-state index in [9.17, 15) is 57.4 Å². The topological polar surface area (TPSA) is 287 Å². The molecule has 0 atom stereocenters. The molecule has 16 nitrogen and oxygen atoms in total. The third-order valence-electron chi connectivity index (χ3n) is 11.3. The largest absolute Gasteiger partial charge is 0.354 e. The lowest BCUT2D eigenvalue weighted by Crippen LogP contribution is -1.92. The van der Waals surface area contributed by atoms with Crippen molar-refractivity contribution in [2.24, 2.45) is 0 Å². The van der Waals surface area contributed by atoms with Gasteiger partial charge in [0.05, 0.1) is 47.4 Å². The zero-order valence-electron chi connectivity index (χ0n) is 35.6. The molecule has 0 saturated heterocycles. The lowest BCUT2D eigenvalue weighted by Gasteiger charge is -2.09. The molecule has 9 rings (SSSR count). The molecule has 2 aliphatic rings. The molecule has 3 aromatic heterocycles. The van der Waals surface area contributed by atoms with Crippen LogP contribution in [0.4, 0.5) is 0 Å². The van der Waals surface area contributed by atoms with Gasteiger partial charge in [-0.1, -0.05) is 97.1 Å². The lowest BCUT2D eigenvalue weighted by atomic mass is 10.0. The molecular weight excluding hydrogens is 948 g/mol. The minimum atomic E-state index is -4.37. The SMILES string of the molecule is O=P(O)(O)Cc1ccc(-c2c3nc(c(-c4ccc(CP(=O)(O)O)cc4)c4ccc([nH]4)c(-c4ccc(CP(=O)(O)O)cc4)c4nc(c(-c5ccc(CP(=O)(O)O)cc5)c5ccc2[nH]5)C=C4)C=C3)cc1. The van der Waals surface area contributed by atoms with Crippen molar-refractivity contribution in [2.75, 3.05) is 0 Å². The first-order valence-corrected chi connectivity index (χ1v) is 28.0. The molecule has 4 aromatic carbocycles. The van der Waals surface area contributed by atoms with Crippen LogP contribution in [0, 0.1) is 0 Å². The monoisotopic (exact) mass is 990 g/mol. The van der Waals surface area contributed by atoms with Crippen molar-refractivity contribution in [3.8, 4) is 44.5 Å². The molecule has 0 spiro atoms. The highest BCUT2D eigenvalue weighted by Gasteiger charge is 2.22. The van der Waals surface area contributed by atoms with Crippen LogP contribution >= 0.6 is 30.4 Å². The number of nitrogens with one attached hydrogen (secondary N) is 2. The van der Waals surface area contributed by atoms with Crippen molar-refractivity contribution in [2.45, 2.75) is 24.6 Å². The molecule has 0 radical (unpaired) electrons. The van der Waals surface area contributed by atoms with Crippen LogP contribution in [0.3, 0.4) is 0 Å². The average Bonchev–Trinajstić information content (AvgIpc) is 4.09. The number of hydrogen-bond donors (Lipinski definition) is 10. The van der Waals surface area contributed by atoms with Crippen molar-refractivity contribution in [1.29, 1.82) is 0 Å². The molecule has 0 aliphatic carbocycles. The molecule has 0 fully saturated rings. The highest BCUT2D eigenvalue weighted by atomic mass is 31.2. The van der Waals surface area contributed by atoms with Crippen molar-refractivity contribution in [1.82, 2.24) is 19.9 Å². The molecule has 0 amide bonds. The second-order valence-electron chi connectivity index (χ2n) is 16.6. The van der Waals surface area contributed by atoms with E-state index in [-0.39, 0.29) is 0 Å². The maximum Gasteiger partial charge on any atom is 0.329 e. The van der Waals surface area contributed by atoms with Crippen molar-refractivity contribution in [3.05, 3.63) is 166 Å². The molecule has 2 aliphatic heterocycles. The van der Waals surface area contributed by atoms with Gasteiger partial charge in [-0.05, 0) is 93.1 Å². The molecule has 8 bridgehead atoms. The summed E-state index contributed by atoms with van der Waals surface area (Å²) < 4.78 is 47.7. The van der Waals surface area contributed by atoms with Crippen molar-refractivity contribution < 1.29 is 57.4 Å². The number of H-pyrrole nitrogens is 2. The lowest BCUT2D eigenvalue weighted by molar-refractivity contribution is 0.369. The number of fused-ring (bicyclic) bond motifs is 8. The fourth-order valence-corrected chi connectivity index (χ4v) is 11.2. The zero-order valence-corrected chi connectivity index (χ0v) is 39.2. The first kappa shape index (κ1) is 47.2. The first-order valence-electron chi connectivity index (χ1n) is 20.8. The van der Waals surface area contributed by atoms with Gasteiger partial charge < -0.3 is 49.1 Å². The van der Waals surface area contributed by atoms with Crippen LogP contribution in [0.2, 0.25) is 0 Å². The van der Waals surface area contributed by atoms with E-state index < -0.39 is 55.0 Å². The Morgan fingerprint density at radius 2 is 0.500 bits per heavy atom. The summed E-state index contributed by atoms with van der Waals surface area (Å²) in [5.41, 5.74) is 11.6. The van der Waals surface area contributed by atoms with Crippen LogP contribution in [-0.2, 0) is 42.9 Å². The summed E-state index contributed by atoms with van der Waals surface area (Å²) in [6.07, 6.45) is 5.62. The number of aromatic amines is 2. The molecule has 346 valence electrons. The number of hydrogen-bond acceptors (Lipinski definition) is 6. The summed E-state index contributed by atoms with van der Waals surface area (Å²) in [6.45, 7) is 0. The van der Waals surface area contributed by atoms with E-state index in [2.05, 4.69) is 9.97 Å². The summed E-state index contributed by atoms with van der Waals surface area (Å²) >= 11 is 0. The Labute approximate surface area is 388 Å². The van der Waals surface area contributed by atoms with Gasteiger partial charge in [0.1, 0.15) is 0 Å². The second kappa shape index (κ2) is 18.2. The van der Waals surface area contributed by atoms with Crippen LogP contribution in [0.25, 0.3) is 90.9 Å². The molecule has 0 saturated carbocycles. The molecular formula is C48H42N4O12P4. The predicted molar refractivity (Wildman–Crippen MR) is 264 cm³/mol. The van der Waals surface area contributed by atoms with Crippen LogP contribution in [-0.4, -0.2) is 59.1 Å². The van der Waals surface area contributed by atoms with E-state index in [0.29, 0.717) is 112 Å². The normalized spacial score (nSPS) is 13.1. The number of aromatic nitrogens is 4.